The van der Waals surface area contributed by atoms with Crippen LogP contribution in [-0.4, -0.2) is 82.5 Å². The molecule has 0 bridgehead atoms. The summed E-state index contributed by atoms with van der Waals surface area (Å²) in [6.07, 6.45) is -0.243. The quantitative estimate of drug-likeness (QED) is 0.432. The Kier molecular flexibility index (Phi) is 8.32. The number of likely N-dealkylation sites (tertiary alicyclic amines) is 1. The molecule has 212 valence electrons. The van der Waals surface area contributed by atoms with Crippen LogP contribution >= 0.6 is 0 Å². The number of hydrogen-bond acceptors (Lipinski definition) is 4. The van der Waals surface area contributed by atoms with E-state index >= 15 is 0 Å². The van der Waals surface area contributed by atoms with Gasteiger partial charge in [0.15, 0.2) is 29.1 Å². The Balaban J connectivity index is 1.50. The summed E-state index contributed by atoms with van der Waals surface area (Å²) in [4.78, 5) is 30.9. The number of carbonyl (C=O) groups is 2. The fraction of sp³-hybridized carbons (Fsp3) is 0.500. The molecule has 2 heterocycles. The van der Waals surface area contributed by atoms with Crippen LogP contribution in [0.2, 0.25) is 0 Å². The Labute approximate surface area is 224 Å². The Morgan fingerprint density at radius 3 is 2.15 bits per heavy atom. The first-order chi connectivity index (χ1) is 18.3. The van der Waals surface area contributed by atoms with Crippen molar-refractivity contribution in [3.05, 3.63) is 70.5 Å². The minimum Gasteiger partial charge on any atom is -0.480 e. The number of hydrogen-bond donors (Lipinski definition) is 1. The molecule has 0 spiro atoms. The molecule has 6 nitrogen and oxygen atoms in total. The fourth-order valence-electron chi connectivity index (χ4n) is 5.52. The van der Waals surface area contributed by atoms with Gasteiger partial charge in [0, 0.05) is 57.1 Å². The molecule has 2 aliphatic heterocycles. The van der Waals surface area contributed by atoms with Crippen LogP contribution in [0.4, 0.5) is 22.0 Å². The second-order valence-electron chi connectivity index (χ2n) is 11.2. The molecule has 11 heteroatoms. The van der Waals surface area contributed by atoms with Crippen LogP contribution in [0.25, 0.3) is 0 Å². The van der Waals surface area contributed by atoms with Crippen molar-refractivity contribution < 1.29 is 36.6 Å². The Hall–Kier alpha value is -3.05. The van der Waals surface area contributed by atoms with Crippen LogP contribution in [-0.2, 0) is 16.0 Å². The van der Waals surface area contributed by atoms with Crippen molar-refractivity contribution in [3.63, 3.8) is 0 Å². The molecule has 3 atom stereocenters. The molecule has 2 fully saturated rings. The molecule has 2 saturated heterocycles. The summed E-state index contributed by atoms with van der Waals surface area (Å²) in [5, 5.41) is 9.79. The smallest absolute Gasteiger partial charge is 0.321 e. The van der Waals surface area contributed by atoms with Gasteiger partial charge in [-0.3, -0.25) is 19.4 Å². The van der Waals surface area contributed by atoms with Gasteiger partial charge in [-0.2, -0.15) is 0 Å². The molecule has 0 unspecified atom stereocenters. The van der Waals surface area contributed by atoms with E-state index in [0.717, 1.165) is 12.1 Å². The SMILES string of the molecule is CC(C)(C)N1C[C@@H](C(=O)N2CCN([C@@H](Cc3cccc(F)c3F)C(=O)O)CC2)[C@H](c2ccc(F)c(F)c2F)C1. The predicted molar refractivity (Wildman–Crippen MR) is 134 cm³/mol. The topological polar surface area (TPSA) is 64.1 Å². The van der Waals surface area contributed by atoms with E-state index in [0.29, 0.717) is 6.54 Å². The number of nitrogens with zero attached hydrogens (tertiary/aromatic N) is 3. The van der Waals surface area contributed by atoms with Crippen LogP contribution in [0.5, 0.6) is 0 Å². The first-order valence-corrected chi connectivity index (χ1v) is 12.9. The Bertz CT molecular complexity index is 1240. The average Bonchev–Trinajstić information content (AvgIpc) is 3.34. The van der Waals surface area contributed by atoms with Crippen molar-refractivity contribution in [1.82, 2.24) is 14.7 Å². The molecule has 4 rings (SSSR count). The van der Waals surface area contributed by atoms with Crippen molar-refractivity contribution in [3.8, 4) is 0 Å². The summed E-state index contributed by atoms with van der Waals surface area (Å²) in [6, 6.07) is 4.55. The van der Waals surface area contributed by atoms with E-state index in [-0.39, 0.29) is 61.7 Å². The zero-order chi connectivity index (χ0) is 28.6. The standard InChI is InChI=1S/C28H32F5N3O3/c1-28(2,3)36-14-18(17-7-8-21(30)25(33)24(17)32)19(15-36)26(37)35-11-9-34(10-12-35)22(27(38)39)13-16-5-4-6-20(29)23(16)31/h4-8,18-19,22H,9-15H2,1-3H3,(H,38,39)/t18-,19+,22-/m0/s1. The highest BCUT2D eigenvalue weighted by Gasteiger charge is 2.45. The Morgan fingerprint density at radius 1 is 0.897 bits per heavy atom. The third kappa shape index (κ3) is 5.94. The molecule has 1 amide bonds. The highest BCUT2D eigenvalue weighted by atomic mass is 19.2. The highest BCUT2D eigenvalue weighted by Crippen LogP contribution is 2.39. The average molecular weight is 554 g/mol. The molecule has 0 radical (unpaired) electrons. The summed E-state index contributed by atoms with van der Waals surface area (Å²) < 4.78 is 70.3. The number of halogens is 5. The number of carboxylic acids is 1. The van der Waals surface area contributed by atoms with Gasteiger partial charge in [0.1, 0.15) is 6.04 Å². The number of aliphatic carboxylic acids is 1. The van der Waals surface area contributed by atoms with Crippen molar-refractivity contribution in [2.24, 2.45) is 5.92 Å². The van der Waals surface area contributed by atoms with E-state index in [4.69, 9.17) is 0 Å². The minimum absolute atomic E-state index is 0.0504. The molecule has 2 aliphatic rings. The van der Waals surface area contributed by atoms with Gasteiger partial charge in [0.05, 0.1) is 5.92 Å². The lowest BCUT2D eigenvalue weighted by molar-refractivity contribution is -0.145. The third-order valence-electron chi connectivity index (χ3n) is 7.85. The molecular formula is C28H32F5N3O3. The highest BCUT2D eigenvalue weighted by molar-refractivity contribution is 5.81. The van der Waals surface area contributed by atoms with Gasteiger partial charge in [-0.1, -0.05) is 18.2 Å². The van der Waals surface area contributed by atoms with Gasteiger partial charge in [-0.15, -0.1) is 0 Å². The lowest BCUT2D eigenvalue weighted by atomic mass is 9.87. The van der Waals surface area contributed by atoms with Crippen LogP contribution < -0.4 is 0 Å². The first kappa shape index (κ1) is 28.9. The van der Waals surface area contributed by atoms with Gasteiger partial charge < -0.3 is 10.0 Å². The van der Waals surface area contributed by atoms with Crippen LogP contribution in [0.1, 0.15) is 37.8 Å². The molecule has 0 aromatic heterocycles. The van der Waals surface area contributed by atoms with Crippen molar-refractivity contribution >= 4 is 11.9 Å². The monoisotopic (exact) mass is 553 g/mol. The number of piperazine rings is 1. The van der Waals surface area contributed by atoms with Gasteiger partial charge in [0.25, 0.3) is 0 Å². The molecule has 39 heavy (non-hydrogen) atoms. The molecule has 2 aromatic rings. The van der Waals surface area contributed by atoms with Gasteiger partial charge in [-0.05, 0) is 44.0 Å². The van der Waals surface area contributed by atoms with E-state index in [9.17, 15) is 36.6 Å². The van der Waals surface area contributed by atoms with Crippen LogP contribution in [0, 0.1) is 35.0 Å². The van der Waals surface area contributed by atoms with E-state index in [1.807, 2.05) is 25.7 Å². The molecule has 1 N–H and O–H groups in total. The maximum Gasteiger partial charge on any atom is 0.321 e. The van der Waals surface area contributed by atoms with E-state index < -0.39 is 52.9 Å². The second kappa shape index (κ2) is 11.2. The number of rotatable bonds is 6. The lowest BCUT2D eigenvalue weighted by Gasteiger charge is -2.39. The van der Waals surface area contributed by atoms with Crippen LogP contribution in [0.3, 0.4) is 0 Å². The van der Waals surface area contributed by atoms with E-state index in [1.54, 1.807) is 9.80 Å². The maximum atomic E-state index is 14.8. The van der Waals surface area contributed by atoms with Crippen molar-refractivity contribution in [2.45, 2.75) is 44.7 Å². The van der Waals surface area contributed by atoms with Crippen molar-refractivity contribution in [2.75, 3.05) is 39.3 Å². The summed E-state index contributed by atoms with van der Waals surface area (Å²) in [7, 11) is 0. The summed E-state index contributed by atoms with van der Waals surface area (Å²) in [6.45, 7) is 7.13. The number of benzene rings is 2. The third-order valence-corrected chi connectivity index (χ3v) is 7.85. The first-order valence-electron chi connectivity index (χ1n) is 12.9. The lowest BCUT2D eigenvalue weighted by Crippen LogP contribution is -2.56. The number of amides is 1. The predicted octanol–water partition coefficient (Wildman–Crippen LogP) is 4.04. The zero-order valence-corrected chi connectivity index (χ0v) is 22.1. The minimum atomic E-state index is -1.57. The maximum absolute atomic E-state index is 14.8. The summed E-state index contributed by atoms with van der Waals surface area (Å²) >= 11 is 0. The normalized spacial score (nSPS) is 21.8. The van der Waals surface area contributed by atoms with Gasteiger partial charge in [-0.25, -0.2) is 22.0 Å². The summed E-state index contributed by atoms with van der Waals surface area (Å²) in [5.74, 6) is -9.20. The molecular weight excluding hydrogens is 521 g/mol. The Morgan fingerprint density at radius 2 is 1.54 bits per heavy atom. The molecule has 0 aliphatic carbocycles. The number of carboxylic acid groups (broad SMARTS) is 1. The molecule has 2 aromatic carbocycles. The van der Waals surface area contributed by atoms with Gasteiger partial charge >= 0.3 is 5.97 Å². The fourth-order valence-corrected chi connectivity index (χ4v) is 5.52. The second-order valence-corrected chi connectivity index (χ2v) is 11.2. The summed E-state index contributed by atoms with van der Waals surface area (Å²) in [5.41, 5.74) is -0.465. The van der Waals surface area contributed by atoms with Crippen LogP contribution in [0.15, 0.2) is 30.3 Å². The van der Waals surface area contributed by atoms with E-state index in [2.05, 4.69) is 0 Å². The van der Waals surface area contributed by atoms with E-state index in [1.165, 1.54) is 18.2 Å². The zero-order valence-electron chi connectivity index (χ0n) is 22.1. The van der Waals surface area contributed by atoms with Crippen molar-refractivity contribution in [1.29, 1.82) is 0 Å². The largest absolute Gasteiger partial charge is 0.480 e. The van der Waals surface area contributed by atoms with Gasteiger partial charge in [0.2, 0.25) is 5.91 Å². The molecule has 0 saturated carbocycles. The number of carbonyl (C=O) groups excluding carboxylic acids is 1.